The zero-order valence-corrected chi connectivity index (χ0v) is 11.9. The first kappa shape index (κ1) is 15.0. The molecular weight excluding hydrogens is 289 g/mol. The van der Waals surface area contributed by atoms with Gasteiger partial charge in [-0.25, -0.2) is 0 Å². The normalized spacial score (nSPS) is 19.1. The van der Waals surface area contributed by atoms with Gasteiger partial charge < -0.3 is 10.1 Å². The maximum absolute atomic E-state index is 12.0. The lowest BCUT2D eigenvalue weighted by atomic mass is 10.1. The topological polar surface area (TPSA) is 33.6 Å². The lowest BCUT2D eigenvalue weighted by Crippen LogP contribution is -2.17. The fraction of sp³-hybridized carbons (Fsp3) is 0.462. The minimum Gasteiger partial charge on any atom is -0.406 e. The van der Waals surface area contributed by atoms with Crippen LogP contribution in [0.25, 0.3) is 0 Å². The highest BCUT2D eigenvalue weighted by atomic mass is 32.2. The Morgan fingerprint density at radius 3 is 2.45 bits per heavy atom. The number of nitrogens with zero attached hydrogens (tertiary/aromatic N) is 1. The molecule has 1 N–H and O–H groups in total. The van der Waals surface area contributed by atoms with E-state index in [-0.39, 0.29) is 11.8 Å². The molecule has 0 bridgehead atoms. The van der Waals surface area contributed by atoms with E-state index in [1.54, 1.807) is 11.8 Å². The number of alkyl halides is 3. The second-order valence-electron chi connectivity index (χ2n) is 4.75. The Kier molecular flexibility index (Phi) is 4.47. The van der Waals surface area contributed by atoms with Gasteiger partial charge in [0.2, 0.25) is 0 Å². The highest BCUT2D eigenvalue weighted by molar-refractivity contribution is 8.14. The van der Waals surface area contributed by atoms with Crippen LogP contribution in [0.15, 0.2) is 29.3 Å². The third-order valence-corrected chi connectivity index (χ3v) is 3.77. The van der Waals surface area contributed by atoms with Crippen LogP contribution in [0.4, 0.5) is 18.9 Å². The Bertz CT molecular complexity index is 485. The molecule has 0 saturated heterocycles. The summed E-state index contributed by atoms with van der Waals surface area (Å²) in [6.45, 7) is 4.22. The van der Waals surface area contributed by atoms with Crippen molar-refractivity contribution in [2.45, 2.75) is 26.3 Å². The summed E-state index contributed by atoms with van der Waals surface area (Å²) >= 11 is 1.62. The number of halogens is 3. The van der Waals surface area contributed by atoms with Crippen LogP contribution < -0.4 is 10.1 Å². The van der Waals surface area contributed by atoms with Crippen molar-refractivity contribution in [2.24, 2.45) is 10.9 Å². The second-order valence-corrected chi connectivity index (χ2v) is 5.76. The fourth-order valence-corrected chi connectivity index (χ4v) is 2.85. The maximum atomic E-state index is 12.0. The molecule has 1 heterocycles. The molecule has 2 rings (SSSR count). The molecule has 3 nitrogen and oxygen atoms in total. The summed E-state index contributed by atoms with van der Waals surface area (Å²) in [4.78, 5) is 4.52. The number of rotatable bonds is 3. The molecule has 0 fully saturated rings. The van der Waals surface area contributed by atoms with Crippen molar-refractivity contribution in [3.63, 3.8) is 0 Å². The molecule has 7 heteroatoms. The monoisotopic (exact) mass is 304 g/mol. The van der Waals surface area contributed by atoms with Gasteiger partial charge in [0.1, 0.15) is 5.75 Å². The Labute approximate surface area is 119 Å². The largest absolute Gasteiger partial charge is 0.573 e. The third-order valence-electron chi connectivity index (χ3n) is 2.78. The minimum atomic E-state index is -4.66. The molecule has 1 aromatic rings. The van der Waals surface area contributed by atoms with Gasteiger partial charge in [-0.15, -0.1) is 13.2 Å². The van der Waals surface area contributed by atoms with Crippen molar-refractivity contribution in [3.05, 3.63) is 24.3 Å². The van der Waals surface area contributed by atoms with Crippen LogP contribution in [-0.2, 0) is 0 Å². The summed E-state index contributed by atoms with van der Waals surface area (Å²) in [6, 6.07) is 5.90. The first-order valence-electron chi connectivity index (χ1n) is 6.17. The van der Waals surface area contributed by atoms with Crippen LogP contribution in [0.3, 0.4) is 0 Å². The van der Waals surface area contributed by atoms with Gasteiger partial charge in [0, 0.05) is 11.4 Å². The molecule has 0 radical (unpaired) electrons. The number of aliphatic imine (C=N–C) groups is 1. The van der Waals surface area contributed by atoms with Crippen molar-refractivity contribution in [1.29, 1.82) is 0 Å². The Hall–Kier alpha value is -1.37. The van der Waals surface area contributed by atoms with Crippen molar-refractivity contribution in [1.82, 2.24) is 0 Å². The van der Waals surface area contributed by atoms with Gasteiger partial charge in [-0.3, -0.25) is 4.99 Å². The number of benzene rings is 1. The number of ether oxygens (including phenoxy) is 1. The van der Waals surface area contributed by atoms with E-state index >= 15 is 0 Å². The van der Waals surface area contributed by atoms with E-state index in [0.717, 1.165) is 10.9 Å². The van der Waals surface area contributed by atoms with Crippen LogP contribution >= 0.6 is 11.8 Å². The molecule has 1 aliphatic rings. The molecule has 1 aromatic carbocycles. The molecule has 0 aromatic heterocycles. The molecule has 1 aliphatic heterocycles. The fourth-order valence-electron chi connectivity index (χ4n) is 1.66. The van der Waals surface area contributed by atoms with E-state index < -0.39 is 6.36 Å². The Morgan fingerprint density at radius 2 is 1.95 bits per heavy atom. The Morgan fingerprint density at radius 1 is 1.30 bits per heavy atom. The molecule has 0 saturated carbocycles. The van der Waals surface area contributed by atoms with E-state index in [1.807, 2.05) is 0 Å². The molecule has 0 spiro atoms. The van der Waals surface area contributed by atoms with Gasteiger partial charge in [-0.1, -0.05) is 25.6 Å². The van der Waals surface area contributed by atoms with Gasteiger partial charge in [0.05, 0.1) is 6.04 Å². The van der Waals surface area contributed by atoms with Crippen LogP contribution in [0.5, 0.6) is 5.75 Å². The van der Waals surface area contributed by atoms with Gasteiger partial charge in [-0.05, 0) is 30.2 Å². The highest BCUT2D eigenvalue weighted by Gasteiger charge is 2.31. The second kappa shape index (κ2) is 5.95. The highest BCUT2D eigenvalue weighted by Crippen LogP contribution is 2.27. The van der Waals surface area contributed by atoms with Crippen LogP contribution in [-0.4, -0.2) is 23.3 Å². The van der Waals surface area contributed by atoms with Crippen LogP contribution in [0, 0.1) is 5.92 Å². The number of thioether (sulfide) groups is 1. The number of nitrogens with one attached hydrogen (secondary N) is 1. The van der Waals surface area contributed by atoms with E-state index in [1.165, 1.54) is 24.3 Å². The maximum Gasteiger partial charge on any atom is 0.573 e. The molecule has 1 atom stereocenters. The lowest BCUT2D eigenvalue weighted by Gasteiger charge is -2.10. The average molecular weight is 304 g/mol. The molecule has 0 unspecified atom stereocenters. The van der Waals surface area contributed by atoms with Gasteiger partial charge in [0.15, 0.2) is 5.17 Å². The van der Waals surface area contributed by atoms with Gasteiger partial charge in [-0.2, -0.15) is 0 Å². The molecule has 0 aliphatic carbocycles. The Balaban J connectivity index is 1.96. The summed E-state index contributed by atoms with van der Waals surface area (Å²) < 4.78 is 39.9. The summed E-state index contributed by atoms with van der Waals surface area (Å²) in [5, 5.41) is 3.89. The van der Waals surface area contributed by atoms with Crippen molar-refractivity contribution >= 4 is 22.6 Å². The molecule has 20 heavy (non-hydrogen) atoms. The third kappa shape index (κ3) is 4.33. The van der Waals surface area contributed by atoms with E-state index in [2.05, 4.69) is 28.9 Å². The summed E-state index contributed by atoms with van der Waals surface area (Å²) in [5.41, 5.74) is 0.690. The van der Waals surface area contributed by atoms with E-state index in [9.17, 15) is 13.2 Å². The first-order valence-corrected chi connectivity index (χ1v) is 7.15. The molecule has 110 valence electrons. The van der Waals surface area contributed by atoms with Crippen LogP contribution in [0.2, 0.25) is 0 Å². The average Bonchev–Trinajstić information content (AvgIpc) is 2.78. The number of hydrogen-bond donors (Lipinski definition) is 1. The van der Waals surface area contributed by atoms with Gasteiger partial charge >= 0.3 is 6.36 Å². The first-order chi connectivity index (χ1) is 9.33. The summed E-state index contributed by atoms with van der Waals surface area (Å²) in [7, 11) is 0. The lowest BCUT2D eigenvalue weighted by molar-refractivity contribution is -0.274. The van der Waals surface area contributed by atoms with Crippen molar-refractivity contribution in [3.8, 4) is 5.75 Å². The SMILES string of the molecule is CC(C)[C@H]1CSC(Nc2ccc(OC(F)(F)F)cc2)=N1. The van der Waals surface area contributed by atoms with Crippen molar-refractivity contribution < 1.29 is 17.9 Å². The summed E-state index contributed by atoms with van der Waals surface area (Å²) in [5.74, 6) is 1.17. The summed E-state index contributed by atoms with van der Waals surface area (Å²) in [6.07, 6.45) is -4.66. The zero-order valence-electron chi connectivity index (χ0n) is 11.1. The quantitative estimate of drug-likeness (QED) is 0.912. The van der Waals surface area contributed by atoms with E-state index in [4.69, 9.17) is 0 Å². The smallest absolute Gasteiger partial charge is 0.406 e. The minimum absolute atomic E-state index is 0.232. The van der Waals surface area contributed by atoms with Gasteiger partial charge in [0.25, 0.3) is 0 Å². The zero-order chi connectivity index (χ0) is 14.8. The number of hydrogen-bond acceptors (Lipinski definition) is 4. The standard InChI is InChI=1S/C13H15F3N2OS/c1-8(2)11-7-20-12(18-11)17-9-3-5-10(6-4-9)19-13(14,15)16/h3-6,8,11H,7H2,1-2H3,(H,17,18)/t11-/m1/s1. The van der Waals surface area contributed by atoms with Crippen LogP contribution in [0.1, 0.15) is 13.8 Å². The number of anilines is 1. The molecular formula is C13H15F3N2OS. The predicted molar refractivity (Wildman–Crippen MR) is 75.3 cm³/mol. The number of amidine groups is 1. The molecule has 0 amide bonds. The van der Waals surface area contributed by atoms with Crippen molar-refractivity contribution in [2.75, 3.05) is 11.1 Å². The predicted octanol–water partition coefficient (Wildman–Crippen LogP) is 4.12. The van der Waals surface area contributed by atoms with E-state index in [0.29, 0.717) is 11.6 Å².